The summed E-state index contributed by atoms with van der Waals surface area (Å²) in [4.78, 5) is 14.6. The van der Waals surface area contributed by atoms with Crippen molar-refractivity contribution in [2.75, 3.05) is 0 Å². The Kier molecular flexibility index (Phi) is 4.06. The molecule has 0 aliphatic carbocycles. The molecule has 0 aromatic rings. The summed E-state index contributed by atoms with van der Waals surface area (Å²) in [5.41, 5.74) is 0.936. The second-order valence-electron chi connectivity index (χ2n) is 6.29. The van der Waals surface area contributed by atoms with Gasteiger partial charge in [-0.2, -0.15) is 0 Å². The number of hydrogen-bond acceptors (Lipinski definition) is 1. The van der Waals surface area contributed by atoms with Crippen molar-refractivity contribution in [2.24, 2.45) is 5.41 Å². The zero-order chi connectivity index (χ0) is 13.3. The summed E-state index contributed by atoms with van der Waals surface area (Å²) in [7, 11) is 0. The normalized spacial score (nSPS) is 25.4. The summed E-state index contributed by atoms with van der Waals surface area (Å²) in [5.74, 6) is 0.287. The summed E-state index contributed by atoms with van der Waals surface area (Å²) in [6, 6.07) is 0. The van der Waals surface area contributed by atoms with E-state index in [2.05, 4.69) is 47.7 Å². The van der Waals surface area contributed by atoms with Gasteiger partial charge in [-0.1, -0.05) is 26.7 Å². The van der Waals surface area contributed by atoms with Crippen LogP contribution in [0.15, 0.2) is 11.8 Å². The highest BCUT2D eigenvalue weighted by Gasteiger charge is 2.46. The van der Waals surface area contributed by atoms with Crippen LogP contribution in [0.1, 0.15) is 67.2 Å². The maximum Gasteiger partial charge on any atom is 0.237 e. The van der Waals surface area contributed by atoms with Crippen molar-refractivity contribution in [1.29, 1.82) is 0 Å². The Morgan fingerprint density at radius 3 is 2.29 bits per heavy atom. The lowest BCUT2D eigenvalue weighted by molar-refractivity contribution is -0.138. The lowest BCUT2D eigenvalue weighted by Crippen LogP contribution is -2.44. The van der Waals surface area contributed by atoms with E-state index >= 15 is 0 Å². The maximum atomic E-state index is 12.6. The van der Waals surface area contributed by atoms with Crippen LogP contribution < -0.4 is 0 Å². The van der Waals surface area contributed by atoms with Crippen LogP contribution in [0.2, 0.25) is 0 Å². The van der Waals surface area contributed by atoms with Crippen molar-refractivity contribution in [3.05, 3.63) is 11.8 Å². The second kappa shape index (κ2) is 4.83. The van der Waals surface area contributed by atoms with Crippen molar-refractivity contribution < 1.29 is 4.79 Å². The Morgan fingerprint density at radius 2 is 1.88 bits per heavy atom. The van der Waals surface area contributed by atoms with Gasteiger partial charge in [-0.05, 0) is 46.1 Å². The molecule has 1 atom stereocenters. The van der Waals surface area contributed by atoms with Crippen LogP contribution in [0, 0.1) is 5.41 Å². The molecule has 1 aliphatic rings. The molecule has 1 rings (SSSR count). The number of amides is 1. The molecule has 2 heteroatoms. The topological polar surface area (TPSA) is 20.3 Å². The number of rotatable bonds is 4. The fraction of sp³-hybridized carbons (Fsp3) is 0.800. The number of hydrogen-bond donors (Lipinski definition) is 0. The first-order valence-corrected chi connectivity index (χ1v) is 6.82. The minimum atomic E-state index is -0.252. The highest BCUT2D eigenvalue weighted by Crippen LogP contribution is 2.43. The first-order chi connectivity index (χ1) is 7.77. The molecule has 0 spiro atoms. The lowest BCUT2D eigenvalue weighted by Gasteiger charge is -2.34. The molecule has 98 valence electrons. The summed E-state index contributed by atoms with van der Waals surface area (Å²) >= 11 is 0. The molecule has 2 nitrogen and oxygen atoms in total. The average Bonchev–Trinajstić information content (AvgIpc) is 2.49. The van der Waals surface area contributed by atoms with Crippen LogP contribution in [0.25, 0.3) is 0 Å². The number of carbonyl (C=O) groups is 1. The minimum Gasteiger partial charge on any atom is -0.313 e. The molecule has 0 fully saturated rings. The fourth-order valence-corrected chi connectivity index (χ4v) is 2.54. The standard InChI is InChI=1S/C15H27NO/c1-7-9-10-15(6)12(8-2)11-16(13(15)17)14(3,4)5/h11H,7-10H2,1-6H3. The van der Waals surface area contributed by atoms with Gasteiger partial charge in [-0.3, -0.25) is 4.79 Å². The first-order valence-electron chi connectivity index (χ1n) is 6.82. The van der Waals surface area contributed by atoms with E-state index in [-0.39, 0.29) is 16.9 Å². The number of nitrogens with zero attached hydrogens (tertiary/aromatic N) is 1. The minimum absolute atomic E-state index is 0.110. The SMILES string of the molecule is CCCCC1(C)C(=O)N(C(C)(C)C)C=C1CC. The Labute approximate surface area is 106 Å². The summed E-state index contributed by atoms with van der Waals surface area (Å²) in [6.07, 6.45) is 6.32. The van der Waals surface area contributed by atoms with Gasteiger partial charge < -0.3 is 4.90 Å². The molecule has 1 heterocycles. The molecule has 1 unspecified atom stereocenters. The molecule has 0 bridgehead atoms. The van der Waals surface area contributed by atoms with Crippen LogP contribution in [-0.4, -0.2) is 16.3 Å². The molecule has 0 saturated heterocycles. The van der Waals surface area contributed by atoms with Gasteiger partial charge in [0.05, 0.1) is 5.41 Å². The fourth-order valence-electron chi connectivity index (χ4n) is 2.54. The van der Waals surface area contributed by atoms with Crippen molar-refractivity contribution in [2.45, 2.75) is 72.8 Å². The summed E-state index contributed by atoms with van der Waals surface area (Å²) < 4.78 is 0. The Morgan fingerprint density at radius 1 is 1.29 bits per heavy atom. The second-order valence-corrected chi connectivity index (χ2v) is 6.29. The van der Waals surface area contributed by atoms with Crippen molar-refractivity contribution >= 4 is 5.91 Å². The quantitative estimate of drug-likeness (QED) is 0.720. The smallest absolute Gasteiger partial charge is 0.237 e. The largest absolute Gasteiger partial charge is 0.313 e. The van der Waals surface area contributed by atoms with E-state index in [0.717, 1.165) is 25.7 Å². The highest BCUT2D eigenvalue weighted by atomic mass is 16.2. The third kappa shape index (κ3) is 2.56. The molecule has 0 aromatic carbocycles. The van der Waals surface area contributed by atoms with E-state index < -0.39 is 0 Å². The van der Waals surface area contributed by atoms with E-state index in [9.17, 15) is 4.79 Å². The first kappa shape index (κ1) is 14.3. The van der Waals surface area contributed by atoms with E-state index in [1.165, 1.54) is 5.57 Å². The number of carbonyl (C=O) groups excluding carboxylic acids is 1. The predicted octanol–water partition coefficient (Wildman–Crippen LogP) is 4.12. The molecule has 0 aromatic heterocycles. The predicted molar refractivity (Wildman–Crippen MR) is 72.6 cm³/mol. The van der Waals surface area contributed by atoms with Crippen molar-refractivity contribution in [3.63, 3.8) is 0 Å². The van der Waals surface area contributed by atoms with E-state index in [1.807, 2.05) is 4.90 Å². The molecule has 0 N–H and O–H groups in total. The van der Waals surface area contributed by atoms with E-state index in [0.29, 0.717) is 0 Å². The van der Waals surface area contributed by atoms with Gasteiger partial charge in [0.1, 0.15) is 0 Å². The van der Waals surface area contributed by atoms with Gasteiger partial charge in [0.25, 0.3) is 0 Å². The zero-order valence-electron chi connectivity index (χ0n) is 12.3. The van der Waals surface area contributed by atoms with Crippen LogP contribution >= 0.6 is 0 Å². The van der Waals surface area contributed by atoms with Gasteiger partial charge in [-0.15, -0.1) is 0 Å². The molecule has 17 heavy (non-hydrogen) atoms. The van der Waals surface area contributed by atoms with Crippen LogP contribution in [0.4, 0.5) is 0 Å². The Balaban J connectivity index is 3.02. The van der Waals surface area contributed by atoms with Crippen LogP contribution in [0.5, 0.6) is 0 Å². The molecule has 0 radical (unpaired) electrons. The van der Waals surface area contributed by atoms with Gasteiger partial charge >= 0.3 is 0 Å². The lowest BCUT2D eigenvalue weighted by atomic mass is 9.78. The third-order valence-corrected chi connectivity index (χ3v) is 3.82. The van der Waals surface area contributed by atoms with Crippen molar-refractivity contribution in [3.8, 4) is 0 Å². The summed E-state index contributed by atoms with van der Waals surface area (Å²) in [6.45, 7) is 12.7. The average molecular weight is 237 g/mol. The third-order valence-electron chi connectivity index (χ3n) is 3.82. The molecule has 1 amide bonds. The van der Waals surface area contributed by atoms with Gasteiger partial charge in [0.2, 0.25) is 5.91 Å². The molecular formula is C15H27NO. The molecule has 0 saturated carbocycles. The van der Waals surface area contributed by atoms with Crippen LogP contribution in [0.3, 0.4) is 0 Å². The van der Waals surface area contributed by atoms with E-state index in [4.69, 9.17) is 0 Å². The highest BCUT2D eigenvalue weighted by molar-refractivity contribution is 5.90. The van der Waals surface area contributed by atoms with Gasteiger partial charge in [0.15, 0.2) is 0 Å². The van der Waals surface area contributed by atoms with Crippen LogP contribution in [-0.2, 0) is 4.79 Å². The maximum absolute atomic E-state index is 12.6. The Bertz CT molecular complexity index is 324. The number of unbranched alkanes of at least 4 members (excludes halogenated alkanes) is 1. The summed E-state index contributed by atoms with van der Waals surface area (Å²) in [5, 5.41) is 0. The van der Waals surface area contributed by atoms with E-state index in [1.54, 1.807) is 0 Å². The zero-order valence-corrected chi connectivity index (χ0v) is 12.3. The molecular weight excluding hydrogens is 210 g/mol. The van der Waals surface area contributed by atoms with Gasteiger partial charge in [-0.25, -0.2) is 0 Å². The Hall–Kier alpha value is -0.790. The van der Waals surface area contributed by atoms with Crippen molar-refractivity contribution in [1.82, 2.24) is 4.90 Å². The monoisotopic (exact) mass is 237 g/mol. The van der Waals surface area contributed by atoms with Gasteiger partial charge in [0, 0.05) is 11.7 Å². The molecule has 1 aliphatic heterocycles.